The van der Waals surface area contributed by atoms with E-state index in [1.54, 1.807) is 14.0 Å². The lowest BCUT2D eigenvalue weighted by Crippen LogP contribution is -2.32. The van der Waals surface area contributed by atoms with Gasteiger partial charge in [0.15, 0.2) is 0 Å². The summed E-state index contributed by atoms with van der Waals surface area (Å²) in [6.07, 6.45) is -0.498. The van der Waals surface area contributed by atoms with Gasteiger partial charge in [-0.3, -0.25) is 4.79 Å². The highest BCUT2D eigenvalue weighted by atomic mass is 79.9. The smallest absolute Gasteiger partial charge is 0.264 e. The summed E-state index contributed by atoms with van der Waals surface area (Å²) in [6, 6.07) is 1.84. The number of aliphatic hydroxyl groups excluding tert-OH is 1. The molecule has 0 aliphatic carbocycles. The first kappa shape index (κ1) is 11.7. The standard InChI is InChI=1S/C9H12BrNO2S/c1-6(12)5-11(2)9(13)8-7(10)3-4-14-8/h3-4,6,12H,5H2,1-2H3. The summed E-state index contributed by atoms with van der Waals surface area (Å²) in [4.78, 5) is 13.9. The molecule has 1 aromatic rings. The molecule has 1 N–H and O–H groups in total. The van der Waals surface area contributed by atoms with Gasteiger partial charge in [-0.15, -0.1) is 11.3 Å². The molecule has 0 aliphatic heterocycles. The Labute approximate surface area is 95.5 Å². The van der Waals surface area contributed by atoms with Crippen molar-refractivity contribution in [2.75, 3.05) is 13.6 Å². The number of amides is 1. The molecule has 0 saturated carbocycles. The number of hydrogen-bond acceptors (Lipinski definition) is 3. The molecule has 0 aliphatic rings. The van der Waals surface area contributed by atoms with E-state index in [-0.39, 0.29) is 5.91 Å². The Kier molecular flexibility index (Phi) is 4.10. The molecule has 0 aromatic carbocycles. The molecular weight excluding hydrogens is 266 g/mol. The van der Waals surface area contributed by atoms with Crippen LogP contribution in [-0.4, -0.2) is 35.6 Å². The Hall–Kier alpha value is -0.390. The van der Waals surface area contributed by atoms with Crippen molar-refractivity contribution < 1.29 is 9.90 Å². The summed E-state index contributed by atoms with van der Waals surface area (Å²) in [5.74, 6) is -0.0622. The molecule has 1 amide bonds. The van der Waals surface area contributed by atoms with E-state index in [0.29, 0.717) is 11.4 Å². The molecule has 1 heterocycles. The Morgan fingerprint density at radius 2 is 2.43 bits per heavy atom. The van der Waals surface area contributed by atoms with Gasteiger partial charge in [-0.25, -0.2) is 0 Å². The zero-order chi connectivity index (χ0) is 10.7. The summed E-state index contributed by atoms with van der Waals surface area (Å²) < 4.78 is 0.810. The highest BCUT2D eigenvalue weighted by Gasteiger charge is 2.16. The van der Waals surface area contributed by atoms with E-state index < -0.39 is 6.10 Å². The van der Waals surface area contributed by atoms with Gasteiger partial charge < -0.3 is 10.0 Å². The first-order valence-corrected chi connectivity index (χ1v) is 5.86. The lowest BCUT2D eigenvalue weighted by Gasteiger charge is -2.17. The summed E-state index contributed by atoms with van der Waals surface area (Å²) >= 11 is 4.70. The fourth-order valence-corrected chi connectivity index (χ4v) is 2.63. The van der Waals surface area contributed by atoms with E-state index in [1.807, 2.05) is 11.4 Å². The number of aliphatic hydroxyl groups is 1. The second-order valence-electron chi connectivity index (χ2n) is 3.13. The van der Waals surface area contributed by atoms with Crippen LogP contribution in [0.4, 0.5) is 0 Å². The fourth-order valence-electron chi connectivity index (χ4n) is 1.10. The molecule has 0 radical (unpaired) electrons. The first-order chi connectivity index (χ1) is 6.52. The molecule has 1 unspecified atom stereocenters. The third-order valence-electron chi connectivity index (χ3n) is 1.70. The Morgan fingerprint density at radius 1 is 1.79 bits per heavy atom. The quantitative estimate of drug-likeness (QED) is 0.918. The average molecular weight is 278 g/mol. The summed E-state index contributed by atoms with van der Waals surface area (Å²) in [6.45, 7) is 2.01. The highest BCUT2D eigenvalue weighted by molar-refractivity contribution is 9.10. The summed E-state index contributed by atoms with van der Waals surface area (Å²) in [7, 11) is 1.68. The van der Waals surface area contributed by atoms with Crippen LogP contribution in [0.1, 0.15) is 16.6 Å². The predicted molar refractivity (Wildman–Crippen MR) is 60.7 cm³/mol. The first-order valence-electron chi connectivity index (χ1n) is 4.19. The number of carbonyl (C=O) groups excluding carboxylic acids is 1. The maximum absolute atomic E-state index is 11.8. The molecule has 5 heteroatoms. The van der Waals surface area contributed by atoms with Crippen molar-refractivity contribution in [1.82, 2.24) is 4.90 Å². The number of thiophene rings is 1. The zero-order valence-electron chi connectivity index (χ0n) is 8.03. The van der Waals surface area contributed by atoms with Gasteiger partial charge in [-0.2, -0.15) is 0 Å². The van der Waals surface area contributed by atoms with Crippen LogP contribution in [0.2, 0.25) is 0 Å². The minimum absolute atomic E-state index is 0.0622. The molecule has 0 bridgehead atoms. The van der Waals surface area contributed by atoms with Gasteiger partial charge in [0.1, 0.15) is 4.88 Å². The third-order valence-corrected chi connectivity index (χ3v) is 3.52. The van der Waals surface area contributed by atoms with E-state index in [9.17, 15) is 4.79 Å². The van der Waals surface area contributed by atoms with Crippen molar-refractivity contribution in [1.29, 1.82) is 0 Å². The van der Waals surface area contributed by atoms with E-state index in [0.717, 1.165) is 4.47 Å². The van der Waals surface area contributed by atoms with Crippen LogP contribution in [0.3, 0.4) is 0 Å². The molecular formula is C9H12BrNO2S. The van der Waals surface area contributed by atoms with Gasteiger partial charge in [0.2, 0.25) is 0 Å². The summed E-state index contributed by atoms with van der Waals surface area (Å²) in [5.41, 5.74) is 0. The van der Waals surface area contributed by atoms with Crippen molar-refractivity contribution in [3.8, 4) is 0 Å². The SMILES string of the molecule is CC(O)CN(C)C(=O)c1sccc1Br. The monoisotopic (exact) mass is 277 g/mol. The normalized spacial score (nSPS) is 12.6. The van der Waals surface area contributed by atoms with Crippen LogP contribution >= 0.6 is 27.3 Å². The molecule has 1 rings (SSSR count). The molecule has 14 heavy (non-hydrogen) atoms. The van der Waals surface area contributed by atoms with Crippen molar-refractivity contribution in [3.05, 3.63) is 20.8 Å². The number of hydrogen-bond donors (Lipinski definition) is 1. The number of nitrogens with zero attached hydrogens (tertiary/aromatic N) is 1. The molecule has 0 fully saturated rings. The van der Waals surface area contributed by atoms with Crippen LogP contribution in [0.25, 0.3) is 0 Å². The molecule has 3 nitrogen and oxygen atoms in total. The largest absolute Gasteiger partial charge is 0.392 e. The highest BCUT2D eigenvalue weighted by Crippen LogP contribution is 2.23. The number of likely N-dealkylation sites (N-methyl/N-ethyl adjacent to an activating group) is 1. The minimum Gasteiger partial charge on any atom is -0.392 e. The predicted octanol–water partition coefficient (Wildman–Crippen LogP) is 1.96. The van der Waals surface area contributed by atoms with Gasteiger partial charge in [0.25, 0.3) is 5.91 Å². The molecule has 1 atom stereocenters. The van der Waals surface area contributed by atoms with Crippen molar-refractivity contribution in [2.45, 2.75) is 13.0 Å². The maximum atomic E-state index is 11.8. The Balaban J connectivity index is 2.71. The second kappa shape index (κ2) is 4.91. The van der Waals surface area contributed by atoms with Crippen LogP contribution in [0.5, 0.6) is 0 Å². The van der Waals surface area contributed by atoms with Crippen molar-refractivity contribution in [2.24, 2.45) is 0 Å². The van der Waals surface area contributed by atoms with E-state index in [1.165, 1.54) is 16.2 Å². The van der Waals surface area contributed by atoms with Crippen molar-refractivity contribution in [3.63, 3.8) is 0 Å². The maximum Gasteiger partial charge on any atom is 0.264 e. The molecule has 78 valence electrons. The van der Waals surface area contributed by atoms with Crippen LogP contribution < -0.4 is 0 Å². The lowest BCUT2D eigenvalue weighted by atomic mass is 10.3. The van der Waals surface area contributed by atoms with Crippen molar-refractivity contribution >= 4 is 33.2 Å². The van der Waals surface area contributed by atoms with Gasteiger partial charge >= 0.3 is 0 Å². The van der Waals surface area contributed by atoms with Crippen LogP contribution in [-0.2, 0) is 0 Å². The van der Waals surface area contributed by atoms with Gasteiger partial charge in [-0.1, -0.05) is 0 Å². The molecule has 0 saturated heterocycles. The molecule has 1 aromatic heterocycles. The number of carbonyl (C=O) groups is 1. The molecule has 0 spiro atoms. The van der Waals surface area contributed by atoms with Gasteiger partial charge in [0.05, 0.1) is 6.10 Å². The van der Waals surface area contributed by atoms with Crippen LogP contribution in [0, 0.1) is 0 Å². The van der Waals surface area contributed by atoms with Crippen LogP contribution in [0.15, 0.2) is 15.9 Å². The topological polar surface area (TPSA) is 40.5 Å². The fraction of sp³-hybridized carbons (Fsp3) is 0.444. The Bertz CT molecular complexity index is 324. The van der Waals surface area contributed by atoms with Gasteiger partial charge in [-0.05, 0) is 34.3 Å². The number of halogens is 1. The minimum atomic E-state index is -0.498. The zero-order valence-corrected chi connectivity index (χ0v) is 10.4. The number of rotatable bonds is 3. The Morgan fingerprint density at radius 3 is 2.86 bits per heavy atom. The van der Waals surface area contributed by atoms with E-state index in [2.05, 4.69) is 15.9 Å². The van der Waals surface area contributed by atoms with Gasteiger partial charge in [0, 0.05) is 18.1 Å². The third kappa shape index (κ3) is 2.80. The van der Waals surface area contributed by atoms with E-state index >= 15 is 0 Å². The lowest BCUT2D eigenvalue weighted by molar-refractivity contribution is 0.0707. The second-order valence-corrected chi connectivity index (χ2v) is 4.90. The van der Waals surface area contributed by atoms with E-state index in [4.69, 9.17) is 5.11 Å². The summed E-state index contributed by atoms with van der Waals surface area (Å²) in [5, 5.41) is 11.0. The average Bonchev–Trinajstić information content (AvgIpc) is 2.48.